The average Bonchev–Trinajstić information content (AvgIpc) is 3.10. The van der Waals surface area contributed by atoms with Gasteiger partial charge in [-0.25, -0.2) is 0 Å². The Kier molecular flexibility index (Phi) is 5.38. The zero-order chi connectivity index (χ0) is 18.5. The van der Waals surface area contributed by atoms with Crippen LogP contribution in [0.5, 0.6) is 5.75 Å². The molecule has 0 saturated carbocycles. The van der Waals surface area contributed by atoms with Crippen LogP contribution in [0.2, 0.25) is 0 Å². The molecule has 1 aromatic heterocycles. The largest absolute Gasteiger partial charge is 0.496 e. The maximum atomic E-state index is 12.4. The number of nitrogens with zero attached hydrogens (tertiary/aromatic N) is 2. The molecule has 0 fully saturated rings. The van der Waals surface area contributed by atoms with Gasteiger partial charge in [0.15, 0.2) is 11.6 Å². The molecule has 0 spiro atoms. The van der Waals surface area contributed by atoms with E-state index in [1.807, 2.05) is 30.3 Å². The monoisotopic (exact) mass is 367 g/mol. The SMILES string of the molecule is COc1ccc(C(C)=O)cc1CC(=O)Nc1nc(-c2ccccc2)ns1. The van der Waals surface area contributed by atoms with Gasteiger partial charge in [-0.1, -0.05) is 30.3 Å². The van der Waals surface area contributed by atoms with E-state index in [0.29, 0.717) is 27.8 Å². The van der Waals surface area contributed by atoms with E-state index in [1.165, 1.54) is 14.0 Å². The highest BCUT2D eigenvalue weighted by Gasteiger charge is 2.14. The van der Waals surface area contributed by atoms with E-state index in [0.717, 1.165) is 17.1 Å². The topological polar surface area (TPSA) is 81.2 Å². The van der Waals surface area contributed by atoms with Gasteiger partial charge in [-0.05, 0) is 25.1 Å². The van der Waals surface area contributed by atoms with Crippen LogP contribution in [0.1, 0.15) is 22.8 Å². The van der Waals surface area contributed by atoms with E-state index in [1.54, 1.807) is 18.2 Å². The van der Waals surface area contributed by atoms with E-state index in [-0.39, 0.29) is 18.1 Å². The predicted octanol–water partition coefficient (Wildman–Crippen LogP) is 3.60. The average molecular weight is 367 g/mol. The summed E-state index contributed by atoms with van der Waals surface area (Å²) in [7, 11) is 1.53. The summed E-state index contributed by atoms with van der Waals surface area (Å²) >= 11 is 1.12. The van der Waals surface area contributed by atoms with E-state index in [9.17, 15) is 9.59 Å². The Morgan fingerprint density at radius 3 is 2.62 bits per heavy atom. The molecule has 0 aliphatic rings. The third kappa shape index (κ3) is 4.12. The number of aromatic nitrogens is 2. The molecule has 0 aliphatic heterocycles. The van der Waals surface area contributed by atoms with Crippen LogP contribution in [0.4, 0.5) is 5.13 Å². The molecule has 1 N–H and O–H groups in total. The Bertz CT molecular complexity index is 938. The summed E-state index contributed by atoms with van der Waals surface area (Å²) in [6, 6.07) is 14.6. The molecule has 0 atom stereocenters. The first-order chi connectivity index (χ1) is 12.6. The molecule has 1 heterocycles. The van der Waals surface area contributed by atoms with Crippen molar-refractivity contribution in [2.75, 3.05) is 12.4 Å². The standard InChI is InChI=1S/C19H17N3O3S/c1-12(23)14-8-9-16(25-2)15(10-14)11-17(24)20-19-21-18(22-26-19)13-6-4-3-5-7-13/h3-10H,11H2,1-2H3,(H,20,21,22,24). The lowest BCUT2D eigenvalue weighted by molar-refractivity contribution is -0.115. The number of hydrogen-bond acceptors (Lipinski definition) is 6. The smallest absolute Gasteiger partial charge is 0.230 e. The Balaban J connectivity index is 1.73. The Morgan fingerprint density at radius 1 is 1.15 bits per heavy atom. The van der Waals surface area contributed by atoms with Crippen molar-refractivity contribution in [1.82, 2.24) is 9.36 Å². The number of ketones is 1. The molecule has 0 aliphatic carbocycles. The van der Waals surface area contributed by atoms with E-state index in [4.69, 9.17) is 4.74 Å². The van der Waals surface area contributed by atoms with Crippen molar-refractivity contribution in [3.8, 4) is 17.1 Å². The number of benzene rings is 2. The number of methoxy groups -OCH3 is 1. The fourth-order valence-electron chi connectivity index (χ4n) is 2.45. The lowest BCUT2D eigenvalue weighted by Crippen LogP contribution is -2.15. The highest BCUT2D eigenvalue weighted by atomic mass is 32.1. The van der Waals surface area contributed by atoms with Crippen molar-refractivity contribution in [2.24, 2.45) is 0 Å². The predicted molar refractivity (Wildman–Crippen MR) is 101 cm³/mol. The summed E-state index contributed by atoms with van der Waals surface area (Å²) in [5.74, 6) is 0.820. The highest BCUT2D eigenvalue weighted by Crippen LogP contribution is 2.23. The maximum absolute atomic E-state index is 12.4. The zero-order valence-corrected chi connectivity index (χ0v) is 15.2. The van der Waals surface area contributed by atoms with E-state index >= 15 is 0 Å². The summed E-state index contributed by atoms with van der Waals surface area (Å²) in [5.41, 5.74) is 2.07. The molecule has 6 nitrogen and oxygen atoms in total. The van der Waals surface area contributed by atoms with E-state index < -0.39 is 0 Å². The number of ether oxygens (including phenoxy) is 1. The number of Topliss-reactive ketones (excluding diaryl/α,β-unsaturated/α-hetero) is 1. The molecule has 2 aromatic carbocycles. The van der Waals surface area contributed by atoms with Gasteiger partial charge in [-0.15, -0.1) is 0 Å². The summed E-state index contributed by atoms with van der Waals surface area (Å²) in [5, 5.41) is 3.17. The van der Waals surface area contributed by atoms with Crippen LogP contribution in [0.15, 0.2) is 48.5 Å². The summed E-state index contributed by atoms with van der Waals surface area (Å²) in [6.07, 6.45) is 0.0740. The van der Waals surface area contributed by atoms with E-state index in [2.05, 4.69) is 14.7 Å². The van der Waals surface area contributed by atoms with Crippen molar-refractivity contribution in [1.29, 1.82) is 0 Å². The maximum Gasteiger partial charge on any atom is 0.230 e. The first-order valence-electron chi connectivity index (χ1n) is 7.93. The van der Waals surface area contributed by atoms with Crippen molar-refractivity contribution in [3.63, 3.8) is 0 Å². The molecule has 1 amide bonds. The van der Waals surface area contributed by atoms with Crippen LogP contribution in [-0.2, 0) is 11.2 Å². The van der Waals surface area contributed by atoms with Crippen LogP contribution in [0, 0.1) is 0 Å². The molecule has 0 bridgehead atoms. The molecule has 0 unspecified atom stereocenters. The van der Waals surface area contributed by atoms with Crippen LogP contribution >= 0.6 is 11.5 Å². The van der Waals surface area contributed by atoms with Crippen molar-refractivity contribution in [2.45, 2.75) is 13.3 Å². The number of amides is 1. The van der Waals surface area contributed by atoms with Crippen molar-refractivity contribution < 1.29 is 14.3 Å². The van der Waals surface area contributed by atoms with Crippen molar-refractivity contribution in [3.05, 3.63) is 59.7 Å². The van der Waals surface area contributed by atoms with Gasteiger partial charge >= 0.3 is 0 Å². The van der Waals surface area contributed by atoms with Gasteiger partial charge in [0.2, 0.25) is 11.0 Å². The third-order valence-corrected chi connectivity index (χ3v) is 4.37. The Hall–Kier alpha value is -3.06. The molecular weight excluding hydrogens is 350 g/mol. The minimum atomic E-state index is -0.250. The third-order valence-electron chi connectivity index (χ3n) is 3.74. The van der Waals surface area contributed by atoms with Crippen LogP contribution in [-0.4, -0.2) is 28.2 Å². The summed E-state index contributed by atoms with van der Waals surface area (Å²) < 4.78 is 9.54. The zero-order valence-electron chi connectivity index (χ0n) is 14.4. The lowest BCUT2D eigenvalue weighted by atomic mass is 10.0. The second-order valence-electron chi connectivity index (χ2n) is 5.60. The minimum Gasteiger partial charge on any atom is -0.496 e. The molecule has 3 aromatic rings. The van der Waals surface area contributed by atoms with Crippen LogP contribution < -0.4 is 10.1 Å². The number of carbonyl (C=O) groups excluding carboxylic acids is 2. The summed E-state index contributed by atoms with van der Waals surface area (Å²) in [6.45, 7) is 1.48. The van der Waals surface area contributed by atoms with Crippen LogP contribution in [0.3, 0.4) is 0 Å². The minimum absolute atomic E-state index is 0.0639. The molecule has 7 heteroatoms. The van der Waals surface area contributed by atoms with Gasteiger partial charge in [0, 0.05) is 28.2 Å². The Labute approximate surface area is 155 Å². The fourth-order valence-corrected chi connectivity index (χ4v) is 3.06. The second-order valence-corrected chi connectivity index (χ2v) is 6.35. The van der Waals surface area contributed by atoms with Gasteiger partial charge in [0.1, 0.15) is 5.75 Å². The molecule has 0 saturated heterocycles. The molecule has 3 rings (SSSR count). The van der Waals surface area contributed by atoms with Gasteiger partial charge in [0.25, 0.3) is 0 Å². The Morgan fingerprint density at radius 2 is 1.92 bits per heavy atom. The molecule has 132 valence electrons. The highest BCUT2D eigenvalue weighted by molar-refractivity contribution is 7.10. The van der Waals surface area contributed by atoms with Gasteiger partial charge < -0.3 is 10.1 Å². The number of rotatable bonds is 6. The molecular formula is C19H17N3O3S. The number of carbonyl (C=O) groups is 2. The lowest BCUT2D eigenvalue weighted by Gasteiger charge is -2.09. The second kappa shape index (κ2) is 7.88. The normalized spacial score (nSPS) is 10.4. The number of nitrogens with one attached hydrogen (secondary N) is 1. The van der Waals surface area contributed by atoms with Crippen LogP contribution in [0.25, 0.3) is 11.4 Å². The summed E-state index contributed by atoms with van der Waals surface area (Å²) in [4.78, 5) is 28.3. The van der Waals surface area contributed by atoms with Crippen molar-refractivity contribution >= 4 is 28.4 Å². The number of anilines is 1. The van der Waals surface area contributed by atoms with Gasteiger partial charge in [-0.2, -0.15) is 9.36 Å². The number of hydrogen-bond donors (Lipinski definition) is 1. The quantitative estimate of drug-likeness (QED) is 0.673. The van der Waals surface area contributed by atoms with Gasteiger partial charge in [-0.3, -0.25) is 9.59 Å². The van der Waals surface area contributed by atoms with Gasteiger partial charge in [0.05, 0.1) is 13.5 Å². The fraction of sp³-hybridized carbons (Fsp3) is 0.158. The first-order valence-corrected chi connectivity index (χ1v) is 8.71. The first kappa shape index (κ1) is 17.8. The molecule has 0 radical (unpaired) electrons. The molecule has 26 heavy (non-hydrogen) atoms.